The van der Waals surface area contributed by atoms with E-state index in [0.717, 1.165) is 28.2 Å². The molecule has 0 radical (unpaired) electrons. The first-order chi connectivity index (χ1) is 27.6. The quantitative estimate of drug-likeness (QED) is 0.0673. The Morgan fingerprint density at radius 1 is 0.684 bits per heavy atom. The van der Waals surface area contributed by atoms with Crippen molar-refractivity contribution in [2.75, 3.05) is 0 Å². The molecule has 0 saturated heterocycles. The normalized spacial score (nSPS) is 16.9. The second-order valence-electron chi connectivity index (χ2n) is 13.6. The van der Waals surface area contributed by atoms with E-state index in [0.29, 0.717) is 40.0 Å². The first-order valence-corrected chi connectivity index (χ1v) is 19.5. The van der Waals surface area contributed by atoms with Gasteiger partial charge in [0.1, 0.15) is 33.8 Å². The van der Waals surface area contributed by atoms with Gasteiger partial charge in [-0.3, -0.25) is 19.2 Å². The molecule has 0 unspecified atom stereocenters. The number of thiazole rings is 2. The molecule has 13 heteroatoms. The van der Waals surface area contributed by atoms with Crippen LogP contribution in [0.25, 0.3) is 21.9 Å². The largest absolute Gasteiger partial charge is 0.457 e. The molecule has 0 amide bonds. The molecule has 0 N–H and O–H groups in total. The molecule has 2 aromatic heterocycles. The summed E-state index contributed by atoms with van der Waals surface area (Å²) in [4.78, 5) is 92.6. The van der Waals surface area contributed by atoms with Crippen molar-refractivity contribution in [1.29, 1.82) is 0 Å². The number of Topliss-reactive ketones (excluding diaryl/α,β-unsaturated/α-hetero) is 4. The Hall–Kier alpha value is -6.70. The number of fused-ring (bicyclic) bond motifs is 5. The Morgan fingerprint density at radius 2 is 1.21 bits per heavy atom. The molecule has 9 rings (SSSR count). The van der Waals surface area contributed by atoms with Crippen molar-refractivity contribution in [1.82, 2.24) is 9.97 Å². The van der Waals surface area contributed by atoms with Gasteiger partial charge in [-0.05, 0) is 49.1 Å². The lowest BCUT2D eigenvalue weighted by atomic mass is 9.95. The molecule has 0 bridgehead atoms. The molecular formula is C44H28N2O9S2. The molecule has 280 valence electrons. The zero-order valence-corrected chi connectivity index (χ0v) is 31.7. The van der Waals surface area contributed by atoms with Gasteiger partial charge in [0.25, 0.3) is 0 Å². The SMILES string of the molecule is Cc1ccc2c(c1)C(=O)/C(=C/c1nc3c(s1)-c1sc(C=C4C(=O)C5=CCCC=C5C4=O)nc1C(C(=O)OCc1ccccc1)(C(=O)OCc1ccccc1)O3)C2=O. The fourth-order valence-corrected chi connectivity index (χ4v) is 9.15. The average molecular weight is 793 g/mol. The fraction of sp³-hybridized carbons (Fsp3) is 0.136. The van der Waals surface area contributed by atoms with Crippen LogP contribution in [-0.2, 0) is 47.5 Å². The lowest BCUT2D eigenvalue weighted by molar-refractivity contribution is -0.184. The summed E-state index contributed by atoms with van der Waals surface area (Å²) in [5, 5.41) is 0.306. The fourth-order valence-electron chi connectivity index (χ4n) is 7.04. The number of rotatable bonds is 8. The van der Waals surface area contributed by atoms with Crippen LogP contribution in [-0.4, -0.2) is 45.0 Å². The smallest absolute Gasteiger partial charge is 0.369 e. The standard InChI is InChI=1S/C44H28N2O9S2/c1-23-16-17-28-29(18-23)37(50)31(36(28)49)20-33-46-41-39(57-33)38-40(45-32(56-38)19-30-34(47)26-14-8-9-15-27(26)35(30)48)44(55-41,42(51)53-21-24-10-4-2-5-11-24)43(52)54-22-25-12-6-3-7-13-25/h2-7,10-20H,8-9,21-22H2,1H3/b31-20+. The van der Waals surface area contributed by atoms with E-state index >= 15 is 0 Å². The number of ether oxygens (including phenoxy) is 3. The Kier molecular flexibility index (Phi) is 8.90. The van der Waals surface area contributed by atoms with E-state index in [-0.39, 0.29) is 62.0 Å². The predicted molar refractivity (Wildman–Crippen MR) is 209 cm³/mol. The summed E-state index contributed by atoms with van der Waals surface area (Å²) in [6.07, 6.45) is 7.45. The molecule has 3 aliphatic carbocycles. The van der Waals surface area contributed by atoms with Crippen LogP contribution in [0.1, 0.15) is 66.0 Å². The molecular weight excluding hydrogens is 765 g/mol. The van der Waals surface area contributed by atoms with Crippen LogP contribution >= 0.6 is 22.7 Å². The zero-order chi connectivity index (χ0) is 39.4. The summed E-state index contributed by atoms with van der Waals surface area (Å²) in [7, 11) is 0. The zero-order valence-electron chi connectivity index (χ0n) is 30.0. The summed E-state index contributed by atoms with van der Waals surface area (Å²) in [5.74, 6) is -4.26. The summed E-state index contributed by atoms with van der Waals surface area (Å²) in [5.41, 5.74) is 0.268. The lowest BCUT2D eigenvalue weighted by Gasteiger charge is -2.31. The van der Waals surface area contributed by atoms with E-state index in [1.165, 1.54) is 12.2 Å². The highest BCUT2D eigenvalue weighted by Crippen LogP contribution is 2.52. The van der Waals surface area contributed by atoms with Gasteiger partial charge in [-0.25, -0.2) is 19.6 Å². The number of hydrogen-bond donors (Lipinski definition) is 0. The molecule has 4 aliphatic rings. The molecule has 11 nitrogen and oxygen atoms in total. The second kappa shape index (κ2) is 14.1. The van der Waals surface area contributed by atoms with E-state index in [2.05, 4.69) is 4.98 Å². The molecule has 0 spiro atoms. The van der Waals surface area contributed by atoms with E-state index in [9.17, 15) is 28.8 Å². The minimum atomic E-state index is -2.66. The van der Waals surface area contributed by atoms with Gasteiger partial charge in [-0.15, -0.1) is 22.7 Å². The van der Waals surface area contributed by atoms with Gasteiger partial charge in [0.05, 0.1) is 16.0 Å². The highest BCUT2D eigenvalue weighted by molar-refractivity contribution is 7.23. The van der Waals surface area contributed by atoms with Gasteiger partial charge in [0, 0.05) is 22.3 Å². The monoisotopic (exact) mass is 792 g/mol. The summed E-state index contributed by atoms with van der Waals surface area (Å²) in [6, 6.07) is 22.7. The number of nitrogens with zero attached hydrogens (tertiary/aromatic N) is 2. The van der Waals surface area contributed by atoms with Gasteiger partial charge in [0.15, 0.2) is 23.1 Å². The van der Waals surface area contributed by atoms with Crippen molar-refractivity contribution in [3.63, 3.8) is 0 Å². The number of hydrogen-bond acceptors (Lipinski definition) is 13. The van der Waals surface area contributed by atoms with Crippen molar-refractivity contribution >= 4 is 69.9 Å². The molecule has 3 heterocycles. The first-order valence-electron chi connectivity index (χ1n) is 17.9. The summed E-state index contributed by atoms with van der Waals surface area (Å²) in [6.45, 7) is 1.36. The first kappa shape index (κ1) is 36.0. The van der Waals surface area contributed by atoms with Crippen molar-refractivity contribution in [3.05, 3.63) is 157 Å². The second-order valence-corrected chi connectivity index (χ2v) is 15.7. The number of carbonyl (C=O) groups excluding carboxylic acids is 6. The number of ketones is 4. The van der Waals surface area contributed by atoms with Crippen LogP contribution in [0.3, 0.4) is 0 Å². The van der Waals surface area contributed by atoms with E-state index in [1.807, 2.05) is 6.92 Å². The maximum atomic E-state index is 14.5. The van der Waals surface area contributed by atoms with E-state index in [1.54, 1.807) is 91.0 Å². The third-order valence-corrected chi connectivity index (χ3v) is 12.0. The van der Waals surface area contributed by atoms with Crippen molar-refractivity contribution in [2.45, 2.75) is 38.6 Å². The van der Waals surface area contributed by atoms with Crippen LogP contribution < -0.4 is 4.74 Å². The number of carbonyl (C=O) groups is 6. The van der Waals surface area contributed by atoms with Crippen molar-refractivity contribution in [2.24, 2.45) is 0 Å². The molecule has 1 saturated carbocycles. The topological polar surface area (TPSA) is 156 Å². The number of esters is 2. The third kappa shape index (κ3) is 6.12. The summed E-state index contributed by atoms with van der Waals surface area (Å²) >= 11 is 2.05. The molecule has 1 fully saturated rings. The molecule has 1 aliphatic heterocycles. The van der Waals surface area contributed by atoms with E-state index < -0.39 is 40.7 Å². The predicted octanol–water partition coefficient (Wildman–Crippen LogP) is 7.29. The Labute approximate surface area is 332 Å². The minimum absolute atomic E-state index is 0.101. The van der Waals surface area contributed by atoms with E-state index in [4.69, 9.17) is 19.2 Å². The Balaban J connectivity index is 1.18. The van der Waals surface area contributed by atoms with Crippen LogP contribution in [0.4, 0.5) is 0 Å². The molecule has 57 heavy (non-hydrogen) atoms. The highest BCUT2D eigenvalue weighted by atomic mass is 32.1. The molecule has 0 atom stereocenters. The van der Waals surface area contributed by atoms with Crippen LogP contribution in [0, 0.1) is 6.92 Å². The summed E-state index contributed by atoms with van der Waals surface area (Å²) < 4.78 is 17.9. The number of aromatic nitrogens is 2. The van der Waals surface area contributed by atoms with Crippen LogP contribution in [0.15, 0.2) is 113 Å². The van der Waals surface area contributed by atoms with Crippen molar-refractivity contribution in [3.8, 4) is 15.6 Å². The minimum Gasteiger partial charge on any atom is -0.457 e. The maximum absolute atomic E-state index is 14.5. The number of benzene rings is 3. The van der Waals surface area contributed by atoms with Crippen LogP contribution in [0.5, 0.6) is 5.88 Å². The van der Waals surface area contributed by atoms with Crippen molar-refractivity contribution < 1.29 is 43.0 Å². The number of allylic oxidation sites excluding steroid dienone is 6. The van der Waals surface area contributed by atoms with Gasteiger partial charge < -0.3 is 14.2 Å². The lowest BCUT2D eigenvalue weighted by Crippen LogP contribution is -2.52. The van der Waals surface area contributed by atoms with Crippen LogP contribution in [0.2, 0.25) is 0 Å². The molecule has 5 aromatic rings. The maximum Gasteiger partial charge on any atom is 0.369 e. The average Bonchev–Trinajstić information content (AvgIpc) is 3.96. The molecule has 3 aromatic carbocycles. The Bertz CT molecular complexity index is 2650. The van der Waals surface area contributed by atoms with Gasteiger partial charge in [-0.2, -0.15) is 0 Å². The third-order valence-electron chi connectivity index (χ3n) is 9.87. The van der Waals surface area contributed by atoms with Gasteiger partial charge in [-0.1, -0.05) is 90.5 Å². The van der Waals surface area contributed by atoms with Gasteiger partial charge >= 0.3 is 17.5 Å². The highest BCUT2D eigenvalue weighted by Gasteiger charge is 2.61. The van der Waals surface area contributed by atoms with Gasteiger partial charge in [0.2, 0.25) is 5.88 Å². The number of aryl methyl sites for hydroxylation is 1. The Morgan fingerprint density at radius 3 is 1.81 bits per heavy atom.